The van der Waals surface area contributed by atoms with Gasteiger partial charge in [-0.1, -0.05) is 6.92 Å². The summed E-state index contributed by atoms with van der Waals surface area (Å²) in [7, 11) is 0. The van der Waals surface area contributed by atoms with Crippen molar-refractivity contribution in [2.45, 2.75) is 26.4 Å². The van der Waals surface area contributed by atoms with Gasteiger partial charge in [0.25, 0.3) is 5.91 Å². The van der Waals surface area contributed by atoms with Crippen molar-refractivity contribution in [3.05, 3.63) is 30.1 Å². The maximum Gasteiger partial charge on any atom is 0.251 e. The normalized spacial score (nSPS) is 14.2. The highest BCUT2D eigenvalue weighted by molar-refractivity contribution is 5.93. The van der Waals surface area contributed by atoms with Gasteiger partial charge < -0.3 is 10.4 Å². The molecular weight excluding hydrogens is 204 g/mol. The number of aromatic nitrogens is 1. The standard InChI is InChI=1S/C12H18N2O2/c1-9(7-10(2)15)8-14-12(16)11-3-5-13-6-4-11/h3-6,9-10,15H,7-8H2,1-2H3,(H,14,16). The number of hydrogen-bond donors (Lipinski definition) is 2. The van der Waals surface area contributed by atoms with Gasteiger partial charge in [-0.05, 0) is 31.4 Å². The minimum Gasteiger partial charge on any atom is -0.393 e. The Hall–Kier alpha value is -1.42. The van der Waals surface area contributed by atoms with E-state index in [-0.39, 0.29) is 17.9 Å². The molecule has 0 bridgehead atoms. The van der Waals surface area contributed by atoms with Crippen LogP contribution in [0.25, 0.3) is 0 Å². The quantitative estimate of drug-likeness (QED) is 0.787. The first kappa shape index (κ1) is 12.6. The van der Waals surface area contributed by atoms with Gasteiger partial charge in [0.15, 0.2) is 0 Å². The molecule has 0 aliphatic heterocycles. The number of carbonyl (C=O) groups is 1. The third-order valence-corrected chi connectivity index (χ3v) is 2.30. The molecule has 2 unspecified atom stereocenters. The lowest BCUT2D eigenvalue weighted by Gasteiger charge is -2.14. The number of amides is 1. The Kier molecular flexibility index (Phi) is 4.92. The van der Waals surface area contributed by atoms with E-state index in [0.717, 1.165) is 0 Å². The summed E-state index contributed by atoms with van der Waals surface area (Å²) in [6.45, 7) is 4.33. The molecule has 1 heterocycles. The molecule has 0 aromatic carbocycles. The fourth-order valence-corrected chi connectivity index (χ4v) is 1.54. The zero-order valence-corrected chi connectivity index (χ0v) is 9.68. The third kappa shape index (κ3) is 4.40. The average Bonchev–Trinajstić information content (AvgIpc) is 2.26. The van der Waals surface area contributed by atoms with Crippen LogP contribution in [0.4, 0.5) is 0 Å². The average molecular weight is 222 g/mol. The van der Waals surface area contributed by atoms with E-state index in [0.29, 0.717) is 18.5 Å². The molecule has 0 aliphatic carbocycles. The summed E-state index contributed by atoms with van der Waals surface area (Å²) in [4.78, 5) is 15.5. The summed E-state index contributed by atoms with van der Waals surface area (Å²) < 4.78 is 0. The van der Waals surface area contributed by atoms with Crippen LogP contribution < -0.4 is 5.32 Å². The summed E-state index contributed by atoms with van der Waals surface area (Å²) in [6.07, 6.45) is 3.55. The molecule has 0 saturated carbocycles. The third-order valence-electron chi connectivity index (χ3n) is 2.30. The first-order valence-corrected chi connectivity index (χ1v) is 5.46. The number of aliphatic hydroxyl groups excluding tert-OH is 1. The van der Waals surface area contributed by atoms with E-state index in [1.165, 1.54) is 0 Å². The predicted molar refractivity (Wildman–Crippen MR) is 62.0 cm³/mol. The highest BCUT2D eigenvalue weighted by Crippen LogP contribution is 2.04. The molecule has 1 rings (SSSR count). The fraction of sp³-hybridized carbons (Fsp3) is 0.500. The molecule has 1 amide bonds. The monoisotopic (exact) mass is 222 g/mol. The van der Waals surface area contributed by atoms with Crippen molar-refractivity contribution in [1.82, 2.24) is 10.3 Å². The Balaban J connectivity index is 2.36. The summed E-state index contributed by atoms with van der Waals surface area (Å²) >= 11 is 0. The van der Waals surface area contributed by atoms with Crippen LogP contribution in [0.5, 0.6) is 0 Å². The molecule has 2 N–H and O–H groups in total. The molecule has 0 aliphatic rings. The van der Waals surface area contributed by atoms with E-state index in [4.69, 9.17) is 0 Å². The lowest BCUT2D eigenvalue weighted by Crippen LogP contribution is -2.29. The van der Waals surface area contributed by atoms with Crippen molar-refractivity contribution < 1.29 is 9.90 Å². The van der Waals surface area contributed by atoms with Crippen molar-refractivity contribution in [2.75, 3.05) is 6.54 Å². The van der Waals surface area contributed by atoms with E-state index in [1.807, 2.05) is 6.92 Å². The SMILES string of the molecule is CC(O)CC(C)CNC(=O)c1ccncc1. The van der Waals surface area contributed by atoms with Crippen molar-refractivity contribution in [1.29, 1.82) is 0 Å². The molecule has 4 heteroatoms. The number of aliphatic hydroxyl groups is 1. The smallest absolute Gasteiger partial charge is 0.251 e. The van der Waals surface area contributed by atoms with Gasteiger partial charge in [-0.15, -0.1) is 0 Å². The summed E-state index contributed by atoms with van der Waals surface area (Å²) in [5.41, 5.74) is 0.610. The van der Waals surface area contributed by atoms with E-state index in [2.05, 4.69) is 10.3 Å². The molecule has 16 heavy (non-hydrogen) atoms. The largest absolute Gasteiger partial charge is 0.393 e. The second-order valence-corrected chi connectivity index (χ2v) is 4.14. The van der Waals surface area contributed by atoms with E-state index < -0.39 is 0 Å². The van der Waals surface area contributed by atoms with Crippen LogP contribution >= 0.6 is 0 Å². The minimum absolute atomic E-state index is 0.0974. The number of pyridine rings is 1. The highest BCUT2D eigenvalue weighted by Gasteiger charge is 2.09. The van der Waals surface area contributed by atoms with Crippen LogP contribution in [0.3, 0.4) is 0 Å². The van der Waals surface area contributed by atoms with Crippen molar-refractivity contribution in [3.8, 4) is 0 Å². The van der Waals surface area contributed by atoms with E-state index >= 15 is 0 Å². The summed E-state index contributed by atoms with van der Waals surface area (Å²) in [5, 5.41) is 12.0. The van der Waals surface area contributed by atoms with Gasteiger partial charge in [0, 0.05) is 24.5 Å². The Bertz CT molecular complexity index is 325. The molecule has 1 aromatic heterocycles. The summed E-state index contributed by atoms with van der Waals surface area (Å²) in [6, 6.07) is 3.35. The fourth-order valence-electron chi connectivity index (χ4n) is 1.54. The zero-order valence-electron chi connectivity index (χ0n) is 9.68. The van der Waals surface area contributed by atoms with E-state index in [9.17, 15) is 9.90 Å². The second-order valence-electron chi connectivity index (χ2n) is 4.14. The number of nitrogens with one attached hydrogen (secondary N) is 1. The van der Waals surface area contributed by atoms with Crippen LogP contribution in [0.2, 0.25) is 0 Å². The van der Waals surface area contributed by atoms with E-state index in [1.54, 1.807) is 31.5 Å². The predicted octanol–water partition coefficient (Wildman–Crippen LogP) is 1.22. The van der Waals surface area contributed by atoms with Crippen molar-refractivity contribution >= 4 is 5.91 Å². The van der Waals surface area contributed by atoms with Crippen LogP contribution in [-0.4, -0.2) is 28.6 Å². The molecule has 2 atom stereocenters. The summed E-state index contributed by atoms with van der Waals surface area (Å²) in [5.74, 6) is 0.172. The zero-order chi connectivity index (χ0) is 12.0. The lowest BCUT2D eigenvalue weighted by atomic mass is 10.0. The van der Waals surface area contributed by atoms with Crippen LogP contribution in [0.15, 0.2) is 24.5 Å². The number of nitrogens with zero attached hydrogens (tertiary/aromatic N) is 1. The lowest BCUT2D eigenvalue weighted by molar-refractivity contribution is 0.0939. The molecule has 0 spiro atoms. The van der Waals surface area contributed by atoms with Gasteiger partial charge in [-0.3, -0.25) is 9.78 Å². The number of rotatable bonds is 5. The first-order valence-electron chi connectivity index (χ1n) is 5.46. The maximum atomic E-state index is 11.6. The number of hydrogen-bond acceptors (Lipinski definition) is 3. The Morgan fingerprint density at radius 1 is 1.44 bits per heavy atom. The minimum atomic E-state index is -0.326. The highest BCUT2D eigenvalue weighted by atomic mass is 16.3. The van der Waals surface area contributed by atoms with Gasteiger partial charge >= 0.3 is 0 Å². The molecule has 0 radical (unpaired) electrons. The molecular formula is C12H18N2O2. The van der Waals surface area contributed by atoms with Crippen molar-refractivity contribution in [2.24, 2.45) is 5.92 Å². The Morgan fingerprint density at radius 3 is 2.62 bits per heavy atom. The van der Waals surface area contributed by atoms with Gasteiger partial charge in [-0.25, -0.2) is 0 Å². The van der Waals surface area contributed by atoms with Gasteiger partial charge in [0.1, 0.15) is 0 Å². The maximum absolute atomic E-state index is 11.6. The molecule has 4 nitrogen and oxygen atoms in total. The van der Waals surface area contributed by atoms with Crippen molar-refractivity contribution in [3.63, 3.8) is 0 Å². The molecule has 88 valence electrons. The Morgan fingerprint density at radius 2 is 2.06 bits per heavy atom. The van der Waals surface area contributed by atoms with Gasteiger partial charge in [0.05, 0.1) is 6.10 Å². The second kappa shape index (κ2) is 6.23. The first-order chi connectivity index (χ1) is 7.59. The van der Waals surface area contributed by atoms with Crippen LogP contribution in [0, 0.1) is 5.92 Å². The number of carbonyl (C=O) groups excluding carboxylic acids is 1. The van der Waals surface area contributed by atoms with Crippen LogP contribution in [0.1, 0.15) is 30.6 Å². The molecule has 0 fully saturated rings. The van der Waals surface area contributed by atoms with Gasteiger partial charge in [-0.2, -0.15) is 0 Å². The molecule has 1 aromatic rings. The Labute approximate surface area is 95.7 Å². The topological polar surface area (TPSA) is 62.2 Å². The van der Waals surface area contributed by atoms with Crippen LogP contribution in [-0.2, 0) is 0 Å². The molecule has 0 saturated heterocycles. The van der Waals surface area contributed by atoms with Gasteiger partial charge in [0.2, 0.25) is 0 Å².